The molecule has 0 N–H and O–H groups in total. The van der Waals surface area contributed by atoms with Crippen LogP contribution in [0.25, 0.3) is 10.4 Å². The number of carbonyl (C=O) groups is 2. The molecule has 0 heterocycles. The fourth-order valence-corrected chi connectivity index (χ4v) is 6.54. The van der Waals surface area contributed by atoms with Crippen molar-refractivity contribution in [2.75, 3.05) is 6.54 Å². The number of Topliss-reactive ketones (excluding diaryl/α,β-unsaturated/α-hetero) is 2. The summed E-state index contributed by atoms with van der Waals surface area (Å²) < 4.78 is 25.6. The zero-order chi connectivity index (χ0) is 20.1. The van der Waals surface area contributed by atoms with E-state index < -0.39 is 20.5 Å². The number of carbonyl (C=O) groups excluding carboxylic acids is 2. The zero-order valence-corrected chi connectivity index (χ0v) is 16.5. The molecule has 8 heteroatoms. The lowest BCUT2D eigenvalue weighted by atomic mass is 9.69. The van der Waals surface area contributed by atoms with Gasteiger partial charge in [0.2, 0.25) is 0 Å². The van der Waals surface area contributed by atoms with E-state index in [2.05, 4.69) is 10.0 Å². The summed E-state index contributed by atoms with van der Waals surface area (Å²) in [5, 5.41) is 3.48. The summed E-state index contributed by atoms with van der Waals surface area (Å²) in [6.45, 7) is 3.44. The maximum absolute atomic E-state index is 13.6. The minimum absolute atomic E-state index is 0.0260. The number of ketones is 2. The fourth-order valence-electron chi connectivity index (χ4n) is 4.19. The van der Waals surface area contributed by atoms with Crippen molar-refractivity contribution in [1.29, 1.82) is 0 Å². The van der Waals surface area contributed by atoms with Crippen molar-refractivity contribution >= 4 is 21.4 Å². The Hall–Kier alpha value is -2.18. The summed E-state index contributed by atoms with van der Waals surface area (Å²) in [5.74, 6) is -1.03. The Labute approximate surface area is 159 Å². The summed E-state index contributed by atoms with van der Waals surface area (Å²) in [6.07, 6.45) is 1.03. The molecule has 1 aromatic rings. The molecule has 0 saturated heterocycles. The number of hydrogen-bond acceptors (Lipinski definition) is 5. The van der Waals surface area contributed by atoms with Crippen molar-refractivity contribution in [1.82, 2.24) is 0 Å². The molecular formula is C19H25N3O4S. The molecule has 1 aliphatic carbocycles. The van der Waals surface area contributed by atoms with E-state index in [-0.39, 0.29) is 54.6 Å². The number of azide groups is 1. The maximum atomic E-state index is 13.6. The number of benzene rings is 1. The predicted molar refractivity (Wildman–Crippen MR) is 102 cm³/mol. The Morgan fingerprint density at radius 3 is 2.59 bits per heavy atom. The Morgan fingerprint density at radius 2 is 2.00 bits per heavy atom. The second-order valence-electron chi connectivity index (χ2n) is 7.34. The summed E-state index contributed by atoms with van der Waals surface area (Å²) in [6, 6.07) is 7.93. The van der Waals surface area contributed by atoms with Crippen molar-refractivity contribution in [2.45, 2.75) is 55.6 Å². The zero-order valence-electron chi connectivity index (χ0n) is 15.7. The van der Waals surface area contributed by atoms with Crippen LogP contribution in [0.2, 0.25) is 0 Å². The van der Waals surface area contributed by atoms with Crippen molar-refractivity contribution in [3.8, 4) is 0 Å². The first-order valence-corrected chi connectivity index (χ1v) is 10.6. The molecule has 0 aromatic heterocycles. The summed E-state index contributed by atoms with van der Waals surface area (Å²) in [4.78, 5) is 27.9. The van der Waals surface area contributed by atoms with E-state index in [1.807, 2.05) is 6.92 Å². The van der Waals surface area contributed by atoms with Crippen LogP contribution >= 0.6 is 0 Å². The lowest BCUT2D eigenvalue weighted by molar-refractivity contribution is -0.128. The molecule has 146 valence electrons. The average Bonchev–Trinajstić information content (AvgIpc) is 2.60. The number of hydrogen-bond donors (Lipinski definition) is 0. The first-order chi connectivity index (χ1) is 12.8. The van der Waals surface area contributed by atoms with Gasteiger partial charge in [-0.15, -0.1) is 0 Å². The highest BCUT2D eigenvalue weighted by Gasteiger charge is 2.57. The Balaban J connectivity index is 2.60. The lowest BCUT2D eigenvalue weighted by Crippen LogP contribution is -2.56. The molecule has 0 aliphatic heterocycles. The Morgan fingerprint density at radius 1 is 1.33 bits per heavy atom. The van der Waals surface area contributed by atoms with Crippen molar-refractivity contribution in [3.63, 3.8) is 0 Å². The molecule has 1 fully saturated rings. The first-order valence-electron chi connectivity index (χ1n) is 9.09. The van der Waals surface area contributed by atoms with Crippen LogP contribution in [0.5, 0.6) is 0 Å². The highest BCUT2D eigenvalue weighted by atomic mass is 32.2. The normalized spacial score (nSPS) is 25.6. The Bertz CT molecular complexity index is 847. The predicted octanol–water partition coefficient (Wildman–Crippen LogP) is 3.88. The third-order valence-electron chi connectivity index (χ3n) is 5.29. The van der Waals surface area contributed by atoms with Gasteiger partial charge in [-0.25, -0.2) is 8.42 Å². The molecule has 0 bridgehead atoms. The Kier molecular flexibility index (Phi) is 6.78. The molecule has 0 spiro atoms. The number of sulfone groups is 1. The van der Waals surface area contributed by atoms with Crippen LogP contribution in [0.15, 0.2) is 40.3 Å². The topological polar surface area (TPSA) is 117 Å². The maximum Gasteiger partial charge on any atom is 0.191 e. The van der Waals surface area contributed by atoms with Gasteiger partial charge in [-0.1, -0.05) is 30.2 Å². The molecule has 1 saturated carbocycles. The van der Waals surface area contributed by atoms with Gasteiger partial charge in [0.25, 0.3) is 0 Å². The van der Waals surface area contributed by atoms with Gasteiger partial charge in [0.1, 0.15) is 10.5 Å². The second kappa shape index (κ2) is 8.67. The van der Waals surface area contributed by atoms with Crippen LogP contribution in [0, 0.1) is 11.8 Å². The molecule has 27 heavy (non-hydrogen) atoms. The second-order valence-corrected chi connectivity index (χ2v) is 9.54. The van der Waals surface area contributed by atoms with E-state index >= 15 is 0 Å². The molecule has 7 nitrogen and oxygen atoms in total. The van der Waals surface area contributed by atoms with E-state index in [0.717, 1.165) is 0 Å². The first kappa shape index (κ1) is 21.1. The van der Waals surface area contributed by atoms with Crippen molar-refractivity contribution < 1.29 is 18.0 Å². The van der Waals surface area contributed by atoms with Crippen LogP contribution in [-0.2, 0) is 19.4 Å². The van der Waals surface area contributed by atoms with Gasteiger partial charge in [0.05, 0.1) is 4.90 Å². The molecule has 1 aromatic carbocycles. The number of rotatable bonds is 8. The standard InChI is InChI=1S/C19H25N3O4S/c1-14-11-16(13-15(2)23)19(18(24)12-14,9-6-10-21-22-20)27(25,26)17-7-4-3-5-8-17/h3-5,7-8,14,16H,6,9-13H2,1-2H3. The van der Waals surface area contributed by atoms with Crippen LogP contribution < -0.4 is 0 Å². The van der Waals surface area contributed by atoms with Gasteiger partial charge >= 0.3 is 0 Å². The molecular weight excluding hydrogens is 366 g/mol. The quantitative estimate of drug-likeness (QED) is 0.289. The van der Waals surface area contributed by atoms with Gasteiger partial charge in [-0.3, -0.25) is 4.79 Å². The van der Waals surface area contributed by atoms with Gasteiger partial charge in [0, 0.05) is 24.3 Å². The average molecular weight is 391 g/mol. The molecule has 3 unspecified atom stereocenters. The summed E-state index contributed by atoms with van der Waals surface area (Å²) in [5.41, 5.74) is 8.49. The summed E-state index contributed by atoms with van der Waals surface area (Å²) >= 11 is 0. The highest BCUT2D eigenvalue weighted by Crippen LogP contribution is 2.47. The number of nitrogens with zero attached hydrogens (tertiary/aromatic N) is 3. The van der Waals surface area contributed by atoms with Crippen molar-refractivity contribution in [3.05, 3.63) is 40.8 Å². The minimum Gasteiger partial charge on any atom is -0.300 e. The summed E-state index contributed by atoms with van der Waals surface area (Å²) in [7, 11) is -4.01. The van der Waals surface area contributed by atoms with Gasteiger partial charge in [-0.2, -0.15) is 0 Å². The van der Waals surface area contributed by atoms with Crippen LogP contribution in [0.3, 0.4) is 0 Å². The lowest BCUT2D eigenvalue weighted by Gasteiger charge is -2.44. The molecule has 3 atom stereocenters. The van der Waals surface area contributed by atoms with Crippen molar-refractivity contribution in [2.24, 2.45) is 17.0 Å². The fraction of sp³-hybridized carbons (Fsp3) is 0.579. The van der Waals surface area contributed by atoms with Crippen LogP contribution in [0.1, 0.15) is 46.0 Å². The van der Waals surface area contributed by atoms with Crippen LogP contribution in [-0.4, -0.2) is 31.3 Å². The third kappa shape index (κ3) is 4.22. The monoisotopic (exact) mass is 391 g/mol. The van der Waals surface area contributed by atoms with E-state index in [1.165, 1.54) is 19.1 Å². The molecule has 2 rings (SSSR count). The smallest absolute Gasteiger partial charge is 0.191 e. The van der Waals surface area contributed by atoms with E-state index in [4.69, 9.17) is 5.53 Å². The largest absolute Gasteiger partial charge is 0.300 e. The SMILES string of the molecule is CC(=O)CC1CC(C)CC(=O)C1(CCCN=[N+]=[N-])S(=O)(=O)c1ccccc1. The molecule has 0 radical (unpaired) electrons. The molecule has 1 aliphatic rings. The van der Waals surface area contributed by atoms with E-state index in [9.17, 15) is 18.0 Å². The van der Waals surface area contributed by atoms with Gasteiger partial charge in [0.15, 0.2) is 15.6 Å². The van der Waals surface area contributed by atoms with Gasteiger partial charge < -0.3 is 4.79 Å². The van der Waals surface area contributed by atoms with Crippen LogP contribution in [0.4, 0.5) is 0 Å². The molecule has 0 amide bonds. The third-order valence-corrected chi connectivity index (χ3v) is 7.91. The van der Waals surface area contributed by atoms with Gasteiger partial charge in [-0.05, 0) is 55.7 Å². The van der Waals surface area contributed by atoms with E-state index in [0.29, 0.717) is 6.42 Å². The highest BCUT2D eigenvalue weighted by molar-refractivity contribution is 7.93. The minimum atomic E-state index is -4.01. The van der Waals surface area contributed by atoms with E-state index in [1.54, 1.807) is 18.2 Å².